The molecule has 0 aliphatic carbocycles. The Morgan fingerprint density at radius 1 is 0.788 bits per heavy atom. The predicted octanol–water partition coefficient (Wildman–Crippen LogP) is 5.93. The fourth-order valence-corrected chi connectivity index (χ4v) is 5.37. The van der Waals surface area contributed by atoms with Crippen LogP contribution in [-0.4, -0.2) is 11.5 Å². The van der Waals surface area contributed by atoms with Gasteiger partial charge in [0.1, 0.15) is 12.4 Å². The van der Waals surface area contributed by atoms with Crippen LogP contribution in [0.15, 0.2) is 79.1 Å². The van der Waals surface area contributed by atoms with Crippen LogP contribution in [0, 0.1) is 6.92 Å². The normalized spacial score (nSPS) is 13.0. The molecule has 0 fully saturated rings. The lowest BCUT2D eigenvalue weighted by molar-refractivity contribution is -0.523. The first-order chi connectivity index (χ1) is 15.9. The third-order valence-corrected chi connectivity index (χ3v) is 6.95. The molecular formula is C29H33BN3+. The van der Waals surface area contributed by atoms with Gasteiger partial charge >= 0.3 is 6.98 Å². The summed E-state index contributed by atoms with van der Waals surface area (Å²) in [6.07, 6.45) is 4.42. The Kier molecular flexibility index (Phi) is 5.40. The third kappa shape index (κ3) is 3.40. The van der Waals surface area contributed by atoms with Crippen molar-refractivity contribution in [2.75, 3.05) is 4.81 Å². The second-order valence-electron chi connectivity index (χ2n) is 9.86. The summed E-state index contributed by atoms with van der Waals surface area (Å²) in [5.41, 5.74) is 9.32. The average molecular weight is 434 g/mol. The first-order valence-corrected chi connectivity index (χ1v) is 12.0. The molecule has 0 N–H and O–H groups in total. The van der Waals surface area contributed by atoms with Crippen LogP contribution in [0.25, 0.3) is 11.4 Å². The molecule has 3 aromatic carbocycles. The van der Waals surface area contributed by atoms with E-state index in [2.05, 4.69) is 135 Å². The summed E-state index contributed by atoms with van der Waals surface area (Å²) in [6.45, 7) is 11.5. The van der Waals surface area contributed by atoms with Crippen molar-refractivity contribution in [2.24, 2.45) is 7.05 Å². The number of aromatic nitrogens is 2. The molecule has 33 heavy (non-hydrogen) atoms. The molecule has 0 unspecified atom stereocenters. The van der Waals surface area contributed by atoms with Gasteiger partial charge in [-0.3, -0.25) is 4.48 Å². The molecule has 3 nitrogen and oxygen atoms in total. The lowest BCUT2D eigenvalue weighted by atomic mass is 9.62. The summed E-state index contributed by atoms with van der Waals surface area (Å²) in [7, 11) is 2.15. The molecule has 0 saturated carbocycles. The van der Waals surface area contributed by atoms with E-state index in [0.717, 1.165) is 0 Å². The zero-order valence-corrected chi connectivity index (χ0v) is 20.6. The number of fused-ring (bicyclic) bond motifs is 3. The maximum Gasteiger partial charge on any atom is 0.541 e. The highest BCUT2D eigenvalue weighted by Gasteiger charge is 2.46. The summed E-state index contributed by atoms with van der Waals surface area (Å²) in [5.74, 6) is 2.09. The van der Waals surface area contributed by atoms with Crippen LogP contribution in [-0.2, 0) is 7.05 Å². The highest BCUT2D eigenvalue weighted by molar-refractivity contribution is 6.71. The molecule has 0 spiro atoms. The van der Waals surface area contributed by atoms with Gasteiger partial charge in [-0.25, -0.2) is 4.57 Å². The first-order valence-electron chi connectivity index (χ1n) is 12.0. The van der Waals surface area contributed by atoms with Crippen LogP contribution in [0.3, 0.4) is 0 Å². The number of imidazole rings is 1. The van der Waals surface area contributed by atoms with Gasteiger partial charge in [-0.1, -0.05) is 88.4 Å². The van der Waals surface area contributed by atoms with Crippen molar-refractivity contribution in [3.05, 3.63) is 95.8 Å². The molecule has 1 aliphatic heterocycles. The number of hydrogen-bond acceptors (Lipinski definition) is 1. The van der Waals surface area contributed by atoms with Crippen LogP contribution in [0.1, 0.15) is 56.2 Å². The zero-order valence-electron chi connectivity index (χ0n) is 20.6. The Hall–Kier alpha value is -3.27. The van der Waals surface area contributed by atoms with Gasteiger partial charge in [-0.2, -0.15) is 0 Å². The third-order valence-electron chi connectivity index (χ3n) is 6.95. The van der Waals surface area contributed by atoms with Gasteiger partial charge in [-0.05, 0) is 47.0 Å². The van der Waals surface area contributed by atoms with Gasteiger partial charge in [-0.15, -0.1) is 0 Å². The highest BCUT2D eigenvalue weighted by atomic mass is 15.2. The van der Waals surface area contributed by atoms with Crippen molar-refractivity contribution < 1.29 is 4.48 Å². The molecule has 1 aromatic heterocycles. The summed E-state index contributed by atoms with van der Waals surface area (Å²) < 4.78 is 4.71. The Morgan fingerprint density at radius 3 is 2.06 bits per heavy atom. The van der Waals surface area contributed by atoms with E-state index in [1.165, 1.54) is 44.9 Å². The molecule has 166 valence electrons. The monoisotopic (exact) mass is 434 g/mol. The van der Waals surface area contributed by atoms with E-state index < -0.39 is 0 Å². The number of rotatable bonds is 4. The minimum absolute atomic E-state index is 0.0362. The van der Waals surface area contributed by atoms with E-state index in [4.69, 9.17) is 0 Å². The largest absolute Gasteiger partial charge is 0.541 e. The average Bonchev–Trinajstić information content (AvgIpc) is 3.19. The smallest absolute Gasteiger partial charge is 0.338 e. The molecule has 4 aromatic rings. The number of nitrogens with zero attached hydrogens (tertiary/aromatic N) is 3. The summed E-state index contributed by atoms with van der Waals surface area (Å²) in [6, 6.07) is 24.5. The number of aryl methyl sites for hydroxylation is 2. The zero-order chi connectivity index (χ0) is 23.3. The molecular weight excluding hydrogens is 401 g/mol. The molecule has 5 rings (SSSR count). The standard InChI is InChI=1S/C29H33BN3/c1-20(2)24-15-11-16-25(21(3)4)28(24)33-26-17-10-12-22(5)27(26)29-31(6)18-19-32(29)30(33)23-13-8-7-9-14-23/h7-21H,1-6H3/q+1. The molecule has 1 aliphatic rings. The van der Waals surface area contributed by atoms with E-state index in [0.29, 0.717) is 11.8 Å². The quantitative estimate of drug-likeness (QED) is 0.363. The van der Waals surface area contributed by atoms with Crippen molar-refractivity contribution in [3.8, 4) is 11.4 Å². The minimum atomic E-state index is 0.0362. The SMILES string of the molecule is Cc1cccc2c1-c1n(C)cc[n+]1B(c1ccccc1)N2c1c(C(C)C)cccc1C(C)C. The topological polar surface area (TPSA) is 12.0 Å². The van der Waals surface area contributed by atoms with Crippen LogP contribution < -0.4 is 14.8 Å². The fourth-order valence-electron chi connectivity index (χ4n) is 5.37. The number of anilines is 2. The lowest BCUT2D eigenvalue weighted by Gasteiger charge is -2.38. The second-order valence-corrected chi connectivity index (χ2v) is 9.86. The fraction of sp³-hybridized carbons (Fsp3) is 0.276. The Bertz CT molecular complexity index is 1280. The van der Waals surface area contributed by atoms with Gasteiger partial charge in [0.15, 0.2) is 0 Å². The summed E-state index contributed by atoms with van der Waals surface area (Å²) >= 11 is 0. The van der Waals surface area contributed by atoms with Gasteiger partial charge in [0.2, 0.25) is 0 Å². The first kappa shape index (κ1) is 21.6. The van der Waals surface area contributed by atoms with Crippen molar-refractivity contribution in [1.29, 1.82) is 0 Å². The van der Waals surface area contributed by atoms with E-state index in [-0.39, 0.29) is 6.98 Å². The van der Waals surface area contributed by atoms with E-state index in [1.807, 2.05) is 0 Å². The van der Waals surface area contributed by atoms with Crippen LogP contribution in [0.5, 0.6) is 0 Å². The summed E-state index contributed by atoms with van der Waals surface area (Å²) in [5, 5.41) is 0. The number of hydrogen-bond donors (Lipinski definition) is 0. The Morgan fingerprint density at radius 2 is 1.42 bits per heavy atom. The lowest BCUT2D eigenvalue weighted by Crippen LogP contribution is -2.69. The van der Waals surface area contributed by atoms with E-state index >= 15 is 0 Å². The van der Waals surface area contributed by atoms with E-state index in [1.54, 1.807) is 0 Å². The Labute approximate surface area is 198 Å². The molecule has 0 radical (unpaired) electrons. The minimum Gasteiger partial charge on any atom is -0.338 e. The van der Waals surface area contributed by atoms with Gasteiger partial charge < -0.3 is 4.81 Å². The van der Waals surface area contributed by atoms with E-state index in [9.17, 15) is 0 Å². The summed E-state index contributed by atoms with van der Waals surface area (Å²) in [4.78, 5) is 2.61. The molecule has 4 heteroatoms. The molecule has 0 atom stereocenters. The van der Waals surface area contributed by atoms with Crippen molar-refractivity contribution in [1.82, 2.24) is 4.57 Å². The second kappa shape index (κ2) is 8.26. The van der Waals surface area contributed by atoms with Crippen molar-refractivity contribution in [2.45, 2.75) is 46.5 Å². The Balaban J connectivity index is 1.92. The van der Waals surface area contributed by atoms with Gasteiger partial charge in [0, 0.05) is 11.4 Å². The molecule has 2 heterocycles. The van der Waals surface area contributed by atoms with Crippen LogP contribution in [0.2, 0.25) is 0 Å². The molecule has 0 amide bonds. The van der Waals surface area contributed by atoms with Crippen molar-refractivity contribution >= 4 is 23.8 Å². The molecule has 0 bridgehead atoms. The van der Waals surface area contributed by atoms with Crippen molar-refractivity contribution in [3.63, 3.8) is 0 Å². The van der Waals surface area contributed by atoms with Crippen LogP contribution in [0.4, 0.5) is 11.4 Å². The number of para-hydroxylation sites is 1. The predicted molar refractivity (Wildman–Crippen MR) is 140 cm³/mol. The highest BCUT2D eigenvalue weighted by Crippen LogP contribution is 2.45. The molecule has 0 saturated heterocycles. The number of benzene rings is 3. The van der Waals surface area contributed by atoms with Gasteiger partial charge in [0.25, 0.3) is 5.82 Å². The van der Waals surface area contributed by atoms with Crippen LogP contribution >= 0.6 is 0 Å². The maximum absolute atomic E-state index is 2.61. The maximum atomic E-state index is 2.61. The van der Waals surface area contributed by atoms with Gasteiger partial charge in [0.05, 0.1) is 12.6 Å².